The molecule has 1 aliphatic carbocycles. The highest BCUT2D eigenvalue weighted by molar-refractivity contribution is 6.26. The number of hydrogen-bond donors (Lipinski definition) is 0. The third-order valence-electron chi connectivity index (χ3n) is 11.8. The molecule has 0 unspecified atom stereocenters. The maximum atomic E-state index is 4.34. The van der Waals surface area contributed by atoms with Crippen molar-refractivity contribution in [1.29, 1.82) is 0 Å². The van der Waals surface area contributed by atoms with Crippen molar-refractivity contribution in [3.63, 3.8) is 0 Å². The van der Waals surface area contributed by atoms with E-state index in [4.69, 9.17) is 0 Å². The van der Waals surface area contributed by atoms with Crippen molar-refractivity contribution < 1.29 is 0 Å². The molecule has 0 aliphatic heterocycles. The molecule has 56 heavy (non-hydrogen) atoms. The Morgan fingerprint density at radius 2 is 1.04 bits per heavy atom. The van der Waals surface area contributed by atoms with Crippen LogP contribution in [0.2, 0.25) is 0 Å². The Kier molecular flexibility index (Phi) is 8.53. The fourth-order valence-corrected chi connectivity index (χ4v) is 9.42. The van der Waals surface area contributed by atoms with Crippen molar-refractivity contribution in [2.24, 2.45) is 0 Å². The van der Waals surface area contributed by atoms with E-state index in [0.717, 1.165) is 18.4 Å². The Bertz CT molecular complexity index is 3070. The summed E-state index contributed by atoms with van der Waals surface area (Å²) >= 11 is 0. The van der Waals surface area contributed by atoms with Crippen LogP contribution in [0.4, 0.5) is 0 Å². The summed E-state index contributed by atoms with van der Waals surface area (Å²) in [6.07, 6.45) is 16.9. The fraction of sp³-hybridized carbons (Fsp3) is 0.0714. The van der Waals surface area contributed by atoms with Crippen molar-refractivity contribution in [2.45, 2.75) is 26.2 Å². The molecule has 0 heterocycles. The van der Waals surface area contributed by atoms with E-state index in [0.29, 0.717) is 0 Å². The van der Waals surface area contributed by atoms with E-state index in [1.807, 2.05) is 6.08 Å². The van der Waals surface area contributed by atoms with E-state index in [2.05, 4.69) is 196 Å². The first-order valence-electron chi connectivity index (χ1n) is 19.9. The van der Waals surface area contributed by atoms with Gasteiger partial charge in [-0.2, -0.15) is 0 Å². The van der Waals surface area contributed by atoms with Crippen LogP contribution in [0.5, 0.6) is 0 Å². The van der Waals surface area contributed by atoms with E-state index >= 15 is 0 Å². The van der Waals surface area contributed by atoms with Crippen molar-refractivity contribution in [3.05, 3.63) is 199 Å². The Hall–Kier alpha value is -6.76. The van der Waals surface area contributed by atoms with Crippen LogP contribution in [0.3, 0.4) is 0 Å². The lowest BCUT2D eigenvalue weighted by atomic mass is 9.81. The van der Waals surface area contributed by atoms with Gasteiger partial charge in [0.15, 0.2) is 0 Å². The summed E-state index contributed by atoms with van der Waals surface area (Å²) in [5.74, 6) is 0. The molecular weight excluding hydrogens is 673 g/mol. The van der Waals surface area contributed by atoms with Crippen LogP contribution in [-0.2, 0) is 0 Å². The third-order valence-corrected chi connectivity index (χ3v) is 11.8. The number of hydrogen-bond acceptors (Lipinski definition) is 0. The van der Waals surface area contributed by atoms with Gasteiger partial charge in [0, 0.05) is 0 Å². The second-order valence-corrected chi connectivity index (χ2v) is 14.9. The zero-order valence-corrected chi connectivity index (χ0v) is 31.7. The van der Waals surface area contributed by atoms with Gasteiger partial charge in [-0.25, -0.2) is 0 Å². The molecule has 0 nitrogen and oxygen atoms in total. The molecular formula is C56H42. The first kappa shape index (κ1) is 33.8. The van der Waals surface area contributed by atoms with Gasteiger partial charge in [0.25, 0.3) is 0 Å². The molecule has 9 aromatic rings. The SMILES string of the molecule is C=Cc1c(/C=C\C)cccc1-c1c2ccccc2c(-c2cccc3ccccc23)c2cc(-c3c4ccccc4c(C4=CCCCC=C4)c4ccccc34)ccc12. The van der Waals surface area contributed by atoms with Gasteiger partial charge in [-0.1, -0.05) is 189 Å². The van der Waals surface area contributed by atoms with E-state index in [1.54, 1.807) is 0 Å². The molecule has 0 N–H and O–H groups in total. The average molecular weight is 715 g/mol. The highest BCUT2D eigenvalue weighted by Gasteiger charge is 2.22. The minimum absolute atomic E-state index is 1.09. The molecule has 0 heteroatoms. The van der Waals surface area contributed by atoms with Gasteiger partial charge in [0.2, 0.25) is 0 Å². The summed E-state index contributed by atoms with van der Waals surface area (Å²) < 4.78 is 0. The number of allylic oxidation sites excluding steroid dienone is 5. The topological polar surface area (TPSA) is 0 Å². The quantitative estimate of drug-likeness (QED) is 0.150. The summed E-state index contributed by atoms with van der Waals surface area (Å²) in [6.45, 7) is 6.41. The molecule has 10 rings (SSSR count). The summed E-state index contributed by atoms with van der Waals surface area (Å²) in [7, 11) is 0. The highest BCUT2D eigenvalue weighted by Crippen LogP contribution is 2.49. The van der Waals surface area contributed by atoms with Crippen LogP contribution >= 0.6 is 0 Å². The molecule has 266 valence electrons. The largest absolute Gasteiger partial charge is 0.0984 e. The van der Waals surface area contributed by atoms with Crippen molar-refractivity contribution in [3.8, 4) is 33.4 Å². The second-order valence-electron chi connectivity index (χ2n) is 14.9. The van der Waals surface area contributed by atoms with Gasteiger partial charge in [-0.3, -0.25) is 0 Å². The normalized spacial score (nSPS) is 13.3. The number of rotatable bonds is 6. The number of fused-ring (bicyclic) bond motifs is 5. The molecule has 1 aliphatic rings. The first-order chi connectivity index (χ1) is 27.7. The molecule has 0 radical (unpaired) electrons. The van der Waals surface area contributed by atoms with Crippen LogP contribution in [0.15, 0.2) is 183 Å². The fourth-order valence-electron chi connectivity index (χ4n) is 9.42. The van der Waals surface area contributed by atoms with Gasteiger partial charge < -0.3 is 0 Å². The van der Waals surface area contributed by atoms with Gasteiger partial charge >= 0.3 is 0 Å². The molecule has 0 amide bonds. The molecule has 0 bridgehead atoms. The molecule has 0 atom stereocenters. The zero-order chi connectivity index (χ0) is 37.6. The zero-order valence-electron chi connectivity index (χ0n) is 31.7. The van der Waals surface area contributed by atoms with Crippen molar-refractivity contribution in [2.75, 3.05) is 0 Å². The Labute approximate surface area is 329 Å². The van der Waals surface area contributed by atoms with E-state index in [1.165, 1.54) is 110 Å². The third kappa shape index (κ3) is 5.44. The Balaban J connectivity index is 1.37. The minimum Gasteiger partial charge on any atom is -0.0984 e. The van der Waals surface area contributed by atoms with Crippen LogP contribution in [0.25, 0.3) is 105 Å². The monoisotopic (exact) mass is 714 g/mol. The standard InChI is InChI=1S/C56H42/c1-3-19-37-23-17-32-43(41(37)4-2)55-49-30-15-16-31-50(49)56(44-33-18-24-38-20-9-10-25-42(38)44)52-36-40(34-35-51(52)55)54-47-28-13-11-26-45(47)53(39-21-7-5-6-8-22-39)46-27-12-14-29-48(46)54/h3-4,7,9-36H,2,5-6,8H2,1H3/b19-3-. The van der Waals surface area contributed by atoms with Gasteiger partial charge in [-0.05, 0) is 142 Å². The van der Waals surface area contributed by atoms with Crippen LogP contribution in [0.1, 0.15) is 42.9 Å². The average Bonchev–Trinajstić information content (AvgIpc) is 3.54. The van der Waals surface area contributed by atoms with Gasteiger partial charge in [0.05, 0.1) is 0 Å². The smallest absolute Gasteiger partial charge is 0.00199 e. The van der Waals surface area contributed by atoms with E-state index < -0.39 is 0 Å². The molecule has 0 spiro atoms. The molecule has 0 fully saturated rings. The second kappa shape index (κ2) is 14.1. The highest BCUT2D eigenvalue weighted by atomic mass is 14.3. The van der Waals surface area contributed by atoms with Gasteiger partial charge in [-0.15, -0.1) is 0 Å². The van der Waals surface area contributed by atoms with Crippen LogP contribution in [0, 0.1) is 0 Å². The first-order valence-corrected chi connectivity index (χ1v) is 19.9. The van der Waals surface area contributed by atoms with Crippen molar-refractivity contribution >= 4 is 71.6 Å². The molecule has 0 saturated carbocycles. The Morgan fingerprint density at radius 3 is 1.71 bits per heavy atom. The van der Waals surface area contributed by atoms with Crippen molar-refractivity contribution in [1.82, 2.24) is 0 Å². The molecule has 0 saturated heterocycles. The van der Waals surface area contributed by atoms with E-state index in [9.17, 15) is 0 Å². The lowest BCUT2D eigenvalue weighted by Gasteiger charge is -2.22. The molecule has 9 aromatic carbocycles. The van der Waals surface area contributed by atoms with E-state index in [-0.39, 0.29) is 0 Å². The minimum atomic E-state index is 1.09. The predicted molar refractivity (Wildman–Crippen MR) is 246 cm³/mol. The number of benzene rings is 9. The Morgan fingerprint density at radius 1 is 0.482 bits per heavy atom. The lowest BCUT2D eigenvalue weighted by molar-refractivity contribution is 0.876. The lowest BCUT2D eigenvalue weighted by Crippen LogP contribution is -1.96. The maximum Gasteiger partial charge on any atom is -0.00199 e. The summed E-state index contributed by atoms with van der Waals surface area (Å²) in [5, 5.41) is 12.6. The molecule has 0 aromatic heterocycles. The summed E-state index contributed by atoms with van der Waals surface area (Å²) in [6, 6.07) is 56.5. The predicted octanol–water partition coefficient (Wildman–Crippen LogP) is 16.3. The maximum absolute atomic E-state index is 4.34. The summed E-state index contributed by atoms with van der Waals surface area (Å²) in [4.78, 5) is 0. The van der Waals surface area contributed by atoms with Gasteiger partial charge in [0.1, 0.15) is 0 Å². The summed E-state index contributed by atoms with van der Waals surface area (Å²) in [5.41, 5.74) is 12.4. The van der Waals surface area contributed by atoms with Crippen LogP contribution < -0.4 is 0 Å². The van der Waals surface area contributed by atoms with Crippen LogP contribution in [-0.4, -0.2) is 0 Å².